The second-order valence-electron chi connectivity index (χ2n) is 4.82. The number of aromatic nitrogens is 3. The Balaban J connectivity index is 2.23. The molecule has 9 heteroatoms. The topological polar surface area (TPSA) is 102 Å². The van der Waals surface area contributed by atoms with E-state index in [0.29, 0.717) is 17.6 Å². The smallest absolute Gasteiger partial charge is 0.261 e. The largest absolute Gasteiger partial charge is 0.493 e. The minimum absolute atomic E-state index is 0.0994. The number of pyridine rings is 1. The zero-order chi connectivity index (χ0) is 17.3. The summed E-state index contributed by atoms with van der Waals surface area (Å²) in [6.45, 7) is 2.05. The van der Waals surface area contributed by atoms with Crippen molar-refractivity contribution in [2.45, 2.75) is 11.8 Å². The molecular weight excluding hydrogens is 354 g/mol. The van der Waals surface area contributed by atoms with Gasteiger partial charge >= 0.3 is 0 Å². The van der Waals surface area contributed by atoms with Gasteiger partial charge in [0, 0.05) is 22.9 Å². The molecule has 0 aliphatic carbocycles. The normalized spacial score (nSPS) is 11.6. The van der Waals surface area contributed by atoms with Gasteiger partial charge in [-0.05, 0) is 31.2 Å². The van der Waals surface area contributed by atoms with Crippen LogP contribution in [0.2, 0.25) is 0 Å². The van der Waals surface area contributed by atoms with E-state index in [1.807, 2.05) is 0 Å². The first kappa shape index (κ1) is 16.4. The Labute approximate surface area is 141 Å². The lowest BCUT2D eigenvalue weighted by atomic mass is 10.2. The van der Waals surface area contributed by atoms with Crippen molar-refractivity contribution in [1.82, 2.24) is 15.0 Å². The van der Waals surface area contributed by atoms with E-state index < -0.39 is 9.05 Å². The molecular formula is C15H12ClN3O4S. The first-order chi connectivity index (χ1) is 11.4. The summed E-state index contributed by atoms with van der Waals surface area (Å²) in [6, 6.07) is 7.36. The van der Waals surface area contributed by atoms with E-state index in [4.69, 9.17) is 15.4 Å². The zero-order valence-electron chi connectivity index (χ0n) is 12.5. The van der Waals surface area contributed by atoms with Crippen molar-refractivity contribution in [2.75, 3.05) is 6.61 Å². The monoisotopic (exact) mass is 365 g/mol. The third-order valence-corrected chi connectivity index (χ3v) is 4.62. The molecule has 0 fully saturated rings. The lowest BCUT2D eigenvalue weighted by molar-refractivity contribution is 0.340. The number of rotatable bonds is 4. The molecule has 0 radical (unpaired) electrons. The molecule has 124 valence electrons. The van der Waals surface area contributed by atoms with Gasteiger partial charge in [-0.25, -0.2) is 18.4 Å². The van der Waals surface area contributed by atoms with Gasteiger partial charge in [0.1, 0.15) is 11.6 Å². The predicted molar refractivity (Wildman–Crippen MR) is 89.8 cm³/mol. The molecule has 7 nitrogen and oxygen atoms in total. The van der Waals surface area contributed by atoms with E-state index in [9.17, 15) is 13.2 Å². The van der Waals surface area contributed by atoms with Gasteiger partial charge in [0.2, 0.25) is 0 Å². The SMILES string of the molecule is CCOc1cc(S(=O)(=O)Cl)ccc1-c1nc2ncccc2c(=O)[nH]1. The highest BCUT2D eigenvalue weighted by atomic mass is 35.7. The summed E-state index contributed by atoms with van der Waals surface area (Å²) in [5.41, 5.74) is 0.373. The average molecular weight is 366 g/mol. The summed E-state index contributed by atoms with van der Waals surface area (Å²) in [6.07, 6.45) is 1.53. The molecule has 0 aliphatic rings. The van der Waals surface area contributed by atoms with Gasteiger partial charge in [-0.2, -0.15) is 0 Å². The highest BCUT2D eigenvalue weighted by molar-refractivity contribution is 8.13. The molecule has 0 spiro atoms. The van der Waals surface area contributed by atoms with Crippen molar-refractivity contribution in [3.05, 3.63) is 46.9 Å². The number of hydrogen-bond acceptors (Lipinski definition) is 6. The van der Waals surface area contributed by atoms with Crippen LogP contribution in [-0.2, 0) is 9.05 Å². The third-order valence-electron chi connectivity index (χ3n) is 3.27. The number of H-pyrrole nitrogens is 1. The summed E-state index contributed by atoms with van der Waals surface area (Å²) >= 11 is 0. The molecule has 0 atom stereocenters. The summed E-state index contributed by atoms with van der Waals surface area (Å²) in [5, 5.41) is 0.360. The van der Waals surface area contributed by atoms with Gasteiger partial charge in [-0.1, -0.05) is 0 Å². The van der Waals surface area contributed by atoms with Crippen LogP contribution in [0.1, 0.15) is 6.92 Å². The van der Waals surface area contributed by atoms with Gasteiger partial charge in [0.25, 0.3) is 14.6 Å². The van der Waals surface area contributed by atoms with Crippen LogP contribution in [0.15, 0.2) is 46.2 Å². The Kier molecular flexibility index (Phi) is 4.25. The minimum atomic E-state index is -3.90. The number of hydrogen-bond donors (Lipinski definition) is 1. The van der Waals surface area contributed by atoms with Crippen LogP contribution < -0.4 is 10.3 Å². The van der Waals surface area contributed by atoms with Crippen molar-refractivity contribution in [3.8, 4) is 17.1 Å². The van der Waals surface area contributed by atoms with Crippen molar-refractivity contribution in [2.24, 2.45) is 0 Å². The zero-order valence-corrected chi connectivity index (χ0v) is 14.1. The van der Waals surface area contributed by atoms with Crippen molar-refractivity contribution in [3.63, 3.8) is 0 Å². The highest BCUT2D eigenvalue weighted by Crippen LogP contribution is 2.31. The van der Waals surface area contributed by atoms with Gasteiger partial charge in [0.15, 0.2) is 5.65 Å². The Hall–Kier alpha value is -2.45. The summed E-state index contributed by atoms with van der Waals surface area (Å²) in [4.78, 5) is 23.1. The second-order valence-corrected chi connectivity index (χ2v) is 7.38. The van der Waals surface area contributed by atoms with E-state index >= 15 is 0 Å². The fourth-order valence-electron chi connectivity index (χ4n) is 2.22. The Morgan fingerprint density at radius 2 is 2.08 bits per heavy atom. The van der Waals surface area contributed by atoms with E-state index in [-0.39, 0.29) is 27.7 Å². The summed E-state index contributed by atoms with van der Waals surface area (Å²) < 4.78 is 28.5. The van der Waals surface area contributed by atoms with Crippen LogP contribution in [0.5, 0.6) is 5.75 Å². The standard InChI is InChI=1S/C15H12ClN3O4S/c1-2-23-12-8-9(24(16,21)22)5-6-10(12)14-18-13-11(15(20)19-14)4-3-7-17-13/h3-8H,2H2,1H3,(H,17,18,19,20). The maximum absolute atomic E-state index is 12.2. The maximum atomic E-state index is 12.2. The van der Waals surface area contributed by atoms with Gasteiger partial charge < -0.3 is 9.72 Å². The van der Waals surface area contributed by atoms with Crippen LogP contribution >= 0.6 is 10.7 Å². The molecule has 2 heterocycles. The van der Waals surface area contributed by atoms with E-state index in [1.54, 1.807) is 19.1 Å². The van der Waals surface area contributed by atoms with Crippen LogP contribution in [0, 0.1) is 0 Å². The molecule has 2 aromatic heterocycles. The quantitative estimate of drug-likeness (QED) is 0.712. The lowest BCUT2D eigenvalue weighted by Gasteiger charge is -2.11. The molecule has 0 saturated carbocycles. The number of aromatic amines is 1. The highest BCUT2D eigenvalue weighted by Gasteiger charge is 2.17. The lowest BCUT2D eigenvalue weighted by Crippen LogP contribution is -2.11. The van der Waals surface area contributed by atoms with E-state index in [2.05, 4.69) is 15.0 Å². The second kappa shape index (κ2) is 6.21. The number of nitrogens with one attached hydrogen (secondary N) is 1. The van der Waals surface area contributed by atoms with Crippen LogP contribution in [0.3, 0.4) is 0 Å². The number of halogens is 1. The molecule has 0 amide bonds. The number of benzene rings is 1. The first-order valence-corrected chi connectivity index (χ1v) is 9.28. The number of fused-ring (bicyclic) bond motifs is 1. The van der Waals surface area contributed by atoms with Gasteiger partial charge in [-0.3, -0.25) is 4.79 Å². The third kappa shape index (κ3) is 3.10. The van der Waals surface area contributed by atoms with Crippen LogP contribution in [-0.4, -0.2) is 30.0 Å². The minimum Gasteiger partial charge on any atom is -0.493 e. The van der Waals surface area contributed by atoms with E-state index in [0.717, 1.165) is 0 Å². The molecule has 0 unspecified atom stereocenters. The van der Waals surface area contributed by atoms with Crippen molar-refractivity contribution in [1.29, 1.82) is 0 Å². The van der Waals surface area contributed by atoms with Crippen LogP contribution in [0.4, 0.5) is 0 Å². The van der Waals surface area contributed by atoms with Crippen LogP contribution in [0.25, 0.3) is 22.4 Å². The molecule has 1 aromatic carbocycles. The summed E-state index contributed by atoms with van der Waals surface area (Å²) in [7, 11) is 1.47. The fraction of sp³-hybridized carbons (Fsp3) is 0.133. The molecule has 0 aliphatic heterocycles. The Bertz CT molecular complexity index is 1080. The predicted octanol–water partition coefficient (Wildman–Crippen LogP) is 2.31. The van der Waals surface area contributed by atoms with Crippen molar-refractivity contribution < 1.29 is 13.2 Å². The van der Waals surface area contributed by atoms with E-state index in [1.165, 1.54) is 24.4 Å². The molecule has 0 bridgehead atoms. The molecule has 3 rings (SSSR count). The number of ether oxygens (including phenoxy) is 1. The Morgan fingerprint density at radius 3 is 2.79 bits per heavy atom. The van der Waals surface area contributed by atoms with Gasteiger partial charge in [0.05, 0.1) is 22.5 Å². The first-order valence-electron chi connectivity index (χ1n) is 6.97. The summed E-state index contributed by atoms with van der Waals surface area (Å²) in [5.74, 6) is 0.478. The number of nitrogens with zero attached hydrogens (tertiary/aromatic N) is 2. The molecule has 0 saturated heterocycles. The van der Waals surface area contributed by atoms with Gasteiger partial charge in [-0.15, -0.1) is 0 Å². The Morgan fingerprint density at radius 1 is 1.29 bits per heavy atom. The maximum Gasteiger partial charge on any atom is 0.261 e. The van der Waals surface area contributed by atoms with Crippen molar-refractivity contribution >= 4 is 30.8 Å². The fourth-order valence-corrected chi connectivity index (χ4v) is 2.99. The molecule has 1 N–H and O–H groups in total. The molecule has 3 aromatic rings. The molecule has 24 heavy (non-hydrogen) atoms. The average Bonchev–Trinajstić information content (AvgIpc) is 2.54.